The minimum Gasteiger partial charge on any atom is -0.486 e. The Hall–Kier alpha value is -2.74. The number of anilines is 1. The number of hydrogen-bond donors (Lipinski definition) is 2. The fraction of sp³-hybridized carbons (Fsp3) is 0.316. The molecule has 2 heterocycles. The van der Waals surface area contributed by atoms with Crippen LogP contribution in [0.15, 0.2) is 36.4 Å². The maximum absolute atomic E-state index is 12.8. The monoisotopic (exact) mass is 378 g/mol. The second kappa shape index (κ2) is 6.77. The van der Waals surface area contributed by atoms with Gasteiger partial charge in [0.05, 0.1) is 12.0 Å². The van der Waals surface area contributed by atoms with Crippen LogP contribution in [0.5, 0.6) is 11.5 Å². The fourth-order valence-corrected chi connectivity index (χ4v) is 3.22. The number of rotatable bonds is 4. The summed E-state index contributed by atoms with van der Waals surface area (Å²) >= 11 is 0. The molecule has 0 saturated carbocycles. The average Bonchev–Trinajstić information content (AvgIpc) is 3.02. The van der Waals surface area contributed by atoms with Crippen molar-refractivity contribution in [2.24, 2.45) is 0 Å². The molecule has 0 spiro atoms. The van der Waals surface area contributed by atoms with Crippen molar-refractivity contribution < 1.29 is 27.4 Å². The molecule has 0 radical (unpaired) electrons. The van der Waals surface area contributed by atoms with Gasteiger partial charge < -0.3 is 20.1 Å². The van der Waals surface area contributed by atoms with Crippen LogP contribution < -0.4 is 20.1 Å². The number of ether oxygens (including phenoxy) is 2. The standard InChI is InChI=1S/C19H17F3N2O3/c20-19(21,22)12-3-1-2-11(6-12)8-23-9-13-10-26-16-5-4-15-14(18(16)27-13)7-17(25)24-15/h1-6,13,23H,7-10H2,(H,24,25). The van der Waals surface area contributed by atoms with Crippen LogP contribution in [-0.4, -0.2) is 25.2 Å². The molecule has 2 aromatic rings. The van der Waals surface area contributed by atoms with E-state index in [1.54, 1.807) is 18.2 Å². The maximum Gasteiger partial charge on any atom is 0.416 e. The van der Waals surface area contributed by atoms with Crippen molar-refractivity contribution in [3.05, 3.63) is 53.1 Å². The normalized spacial score (nSPS) is 18.2. The number of hydrogen-bond acceptors (Lipinski definition) is 4. The van der Waals surface area contributed by atoms with Gasteiger partial charge in [-0.25, -0.2) is 0 Å². The SMILES string of the molecule is O=C1Cc2c(ccc3c2OC(CNCc2cccc(C(F)(F)F)c2)CO3)N1. The number of carbonyl (C=O) groups is 1. The summed E-state index contributed by atoms with van der Waals surface area (Å²) in [6.07, 6.45) is -4.41. The molecule has 5 nitrogen and oxygen atoms in total. The van der Waals surface area contributed by atoms with E-state index in [2.05, 4.69) is 10.6 Å². The van der Waals surface area contributed by atoms with Gasteiger partial charge in [-0.3, -0.25) is 4.79 Å². The lowest BCUT2D eigenvalue weighted by molar-refractivity contribution is -0.137. The Bertz CT molecular complexity index is 883. The van der Waals surface area contributed by atoms with Crippen LogP contribution in [0.1, 0.15) is 16.7 Å². The summed E-state index contributed by atoms with van der Waals surface area (Å²) in [5.41, 5.74) is 1.37. The topological polar surface area (TPSA) is 59.6 Å². The van der Waals surface area contributed by atoms with Crippen molar-refractivity contribution in [2.75, 3.05) is 18.5 Å². The molecule has 2 aliphatic rings. The molecule has 0 aromatic heterocycles. The summed E-state index contributed by atoms with van der Waals surface area (Å²) in [4.78, 5) is 11.6. The highest BCUT2D eigenvalue weighted by atomic mass is 19.4. The molecule has 2 aromatic carbocycles. The van der Waals surface area contributed by atoms with Gasteiger partial charge in [-0.1, -0.05) is 18.2 Å². The van der Waals surface area contributed by atoms with Crippen molar-refractivity contribution >= 4 is 11.6 Å². The predicted octanol–water partition coefficient (Wildman–Crippen LogP) is 3.13. The second-order valence-corrected chi connectivity index (χ2v) is 6.52. The molecule has 142 valence electrons. The molecule has 2 N–H and O–H groups in total. The first kappa shape index (κ1) is 17.7. The van der Waals surface area contributed by atoms with Crippen molar-refractivity contribution in [3.63, 3.8) is 0 Å². The molecule has 0 fully saturated rings. The van der Waals surface area contributed by atoms with Crippen LogP contribution in [0.2, 0.25) is 0 Å². The van der Waals surface area contributed by atoms with Crippen LogP contribution in [-0.2, 0) is 23.9 Å². The highest BCUT2D eigenvalue weighted by Gasteiger charge is 2.31. The second-order valence-electron chi connectivity index (χ2n) is 6.52. The highest BCUT2D eigenvalue weighted by Crippen LogP contribution is 2.41. The minimum absolute atomic E-state index is 0.0909. The highest BCUT2D eigenvalue weighted by molar-refractivity contribution is 6.00. The first-order chi connectivity index (χ1) is 12.9. The third-order valence-corrected chi connectivity index (χ3v) is 4.50. The first-order valence-electron chi connectivity index (χ1n) is 8.52. The van der Waals surface area contributed by atoms with E-state index in [1.165, 1.54) is 6.07 Å². The molecular formula is C19H17F3N2O3. The van der Waals surface area contributed by atoms with E-state index in [4.69, 9.17) is 9.47 Å². The Morgan fingerprint density at radius 1 is 1.22 bits per heavy atom. The summed E-state index contributed by atoms with van der Waals surface area (Å²) in [5.74, 6) is 1.06. The fourth-order valence-electron chi connectivity index (χ4n) is 3.22. The Morgan fingerprint density at radius 2 is 2.07 bits per heavy atom. The number of alkyl halides is 3. The molecule has 27 heavy (non-hydrogen) atoms. The smallest absolute Gasteiger partial charge is 0.416 e. The zero-order valence-corrected chi connectivity index (χ0v) is 14.2. The zero-order chi connectivity index (χ0) is 19.0. The number of fused-ring (bicyclic) bond motifs is 3. The lowest BCUT2D eigenvalue weighted by atomic mass is 10.1. The maximum atomic E-state index is 12.8. The van der Waals surface area contributed by atoms with Gasteiger partial charge in [-0.05, 0) is 23.8 Å². The molecule has 8 heteroatoms. The molecule has 0 bridgehead atoms. The van der Waals surface area contributed by atoms with Crippen LogP contribution in [0.3, 0.4) is 0 Å². The van der Waals surface area contributed by atoms with Crippen molar-refractivity contribution in [3.8, 4) is 11.5 Å². The average molecular weight is 378 g/mol. The van der Waals surface area contributed by atoms with Crippen molar-refractivity contribution in [1.29, 1.82) is 0 Å². The quantitative estimate of drug-likeness (QED) is 0.858. The van der Waals surface area contributed by atoms with Crippen LogP contribution in [0.4, 0.5) is 18.9 Å². The minimum atomic E-state index is -4.36. The first-order valence-corrected chi connectivity index (χ1v) is 8.52. The number of amides is 1. The van der Waals surface area contributed by atoms with E-state index in [-0.39, 0.29) is 25.0 Å². The lowest BCUT2D eigenvalue weighted by Gasteiger charge is -2.28. The van der Waals surface area contributed by atoms with E-state index in [0.29, 0.717) is 30.2 Å². The third-order valence-electron chi connectivity index (χ3n) is 4.50. The number of benzene rings is 2. The van der Waals surface area contributed by atoms with E-state index in [1.807, 2.05) is 0 Å². The number of nitrogens with one attached hydrogen (secondary N) is 2. The summed E-state index contributed by atoms with van der Waals surface area (Å²) in [6, 6.07) is 8.75. The third kappa shape index (κ3) is 3.71. The summed E-state index contributed by atoms with van der Waals surface area (Å²) < 4.78 is 50.0. The lowest BCUT2D eigenvalue weighted by Crippen LogP contribution is -2.38. The van der Waals surface area contributed by atoms with Crippen LogP contribution >= 0.6 is 0 Å². The number of carbonyl (C=O) groups excluding carboxylic acids is 1. The van der Waals surface area contributed by atoms with E-state index >= 15 is 0 Å². The molecule has 4 rings (SSSR count). The Balaban J connectivity index is 1.38. The van der Waals surface area contributed by atoms with E-state index in [9.17, 15) is 18.0 Å². The Labute approximate surface area is 153 Å². The van der Waals surface area contributed by atoms with Gasteiger partial charge in [0.1, 0.15) is 12.7 Å². The zero-order valence-electron chi connectivity index (χ0n) is 14.2. The number of halogens is 3. The summed E-state index contributed by atoms with van der Waals surface area (Å²) in [5, 5.41) is 5.86. The Kier molecular flexibility index (Phi) is 4.43. The van der Waals surface area contributed by atoms with Gasteiger partial charge >= 0.3 is 6.18 Å². The van der Waals surface area contributed by atoms with Crippen molar-refractivity contribution in [2.45, 2.75) is 25.2 Å². The molecule has 1 unspecified atom stereocenters. The predicted molar refractivity (Wildman–Crippen MR) is 91.8 cm³/mol. The van der Waals surface area contributed by atoms with Gasteiger partial charge in [0.2, 0.25) is 5.91 Å². The largest absolute Gasteiger partial charge is 0.486 e. The van der Waals surface area contributed by atoms with Crippen LogP contribution in [0.25, 0.3) is 0 Å². The van der Waals surface area contributed by atoms with Gasteiger partial charge in [0.15, 0.2) is 11.5 Å². The summed E-state index contributed by atoms with van der Waals surface area (Å²) in [7, 11) is 0. The Morgan fingerprint density at radius 3 is 2.89 bits per heavy atom. The van der Waals surface area contributed by atoms with E-state index in [0.717, 1.165) is 23.4 Å². The van der Waals surface area contributed by atoms with E-state index < -0.39 is 11.7 Å². The van der Waals surface area contributed by atoms with Gasteiger partial charge in [-0.15, -0.1) is 0 Å². The van der Waals surface area contributed by atoms with Crippen LogP contribution in [0, 0.1) is 0 Å². The van der Waals surface area contributed by atoms with Gasteiger partial charge in [-0.2, -0.15) is 13.2 Å². The summed E-state index contributed by atoms with van der Waals surface area (Å²) in [6.45, 7) is 1.01. The molecular weight excluding hydrogens is 361 g/mol. The molecule has 2 aliphatic heterocycles. The van der Waals surface area contributed by atoms with Gasteiger partial charge in [0, 0.05) is 24.3 Å². The molecule has 1 atom stereocenters. The van der Waals surface area contributed by atoms with Gasteiger partial charge in [0.25, 0.3) is 0 Å². The molecule has 0 saturated heterocycles. The molecule has 1 amide bonds. The van der Waals surface area contributed by atoms with Crippen molar-refractivity contribution in [1.82, 2.24) is 5.32 Å². The molecule has 0 aliphatic carbocycles.